The fraction of sp³-hybridized carbons (Fsp3) is 0.364. The van der Waals surface area contributed by atoms with Crippen LogP contribution in [-0.4, -0.2) is 25.7 Å². The topological polar surface area (TPSA) is 59.6 Å². The van der Waals surface area contributed by atoms with Crippen LogP contribution in [0.1, 0.15) is 6.92 Å². The van der Waals surface area contributed by atoms with E-state index < -0.39 is 6.09 Å². The van der Waals surface area contributed by atoms with Crippen LogP contribution >= 0.6 is 11.9 Å². The molecule has 0 aliphatic carbocycles. The van der Waals surface area contributed by atoms with E-state index in [2.05, 4.69) is 10.0 Å². The Hall–Kier alpha value is -1.56. The second-order valence-corrected chi connectivity index (χ2v) is 3.80. The SMILES string of the molecule is CCOC(=O)NSCNc1ccc(OC)cc1. The standard InChI is InChI=1S/C11H16N2O3S/c1-3-16-11(14)13-17-8-12-9-4-6-10(15-2)7-5-9/h4-7,12H,3,8H2,1-2H3,(H,13,14). The van der Waals surface area contributed by atoms with E-state index >= 15 is 0 Å². The number of methoxy groups -OCH3 is 1. The van der Waals surface area contributed by atoms with Crippen LogP contribution in [0.5, 0.6) is 5.75 Å². The highest BCUT2D eigenvalue weighted by Crippen LogP contribution is 2.15. The highest BCUT2D eigenvalue weighted by atomic mass is 32.2. The summed E-state index contributed by atoms with van der Waals surface area (Å²) in [5.74, 6) is 1.37. The Morgan fingerprint density at radius 1 is 1.35 bits per heavy atom. The van der Waals surface area contributed by atoms with Crippen LogP contribution in [0.3, 0.4) is 0 Å². The van der Waals surface area contributed by atoms with Crippen molar-refractivity contribution in [3.8, 4) is 5.75 Å². The highest BCUT2D eigenvalue weighted by Gasteiger charge is 1.99. The zero-order chi connectivity index (χ0) is 12.5. The number of nitrogens with one attached hydrogen (secondary N) is 2. The van der Waals surface area contributed by atoms with Gasteiger partial charge in [-0.2, -0.15) is 0 Å². The molecule has 0 saturated carbocycles. The lowest BCUT2D eigenvalue weighted by Gasteiger charge is -2.07. The third kappa shape index (κ3) is 5.35. The van der Waals surface area contributed by atoms with Crippen molar-refractivity contribution >= 4 is 23.7 Å². The van der Waals surface area contributed by atoms with Crippen molar-refractivity contribution in [1.29, 1.82) is 0 Å². The van der Waals surface area contributed by atoms with E-state index in [4.69, 9.17) is 9.47 Å². The van der Waals surface area contributed by atoms with Crippen LogP contribution in [0.25, 0.3) is 0 Å². The van der Waals surface area contributed by atoms with E-state index in [9.17, 15) is 4.79 Å². The number of amides is 1. The van der Waals surface area contributed by atoms with Gasteiger partial charge in [-0.15, -0.1) is 0 Å². The molecule has 0 spiro atoms. The summed E-state index contributed by atoms with van der Waals surface area (Å²) in [6, 6.07) is 7.55. The first kappa shape index (κ1) is 13.5. The number of anilines is 1. The number of hydrogen-bond acceptors (Lipinski definition) is 5. The van der Waals surface area contributed by atoms with Crippen LogP contribution in [0.4, 0.5) is 10.5 Å². The van der Waals surface area contributed by atoms with E-state index in [1.165, 1.54) is 11.9 Å². The molecule has 0 saturated heterocycles. The lowest BCUT2D eigenvalue weighted by atomic mass is 10.3. The van der Waals surface area contributed by atoms with Gasteiger partial charge in [0.25, 0.3) is 0 Å². The molecular formula is C11H16N2O3S. The van der Waals surface area contributed by atoms with Gasteiger partial charge in [-0.1, -0.05) is 0 Å². The van der Waals surface area contributed by atoms with Gasteiger partial charge >= 0.3 is 6.09 Å². The van der Waals surface area contributed by atoms with Gasteiger partial charge < -0.3 is 14.8 Å². The van der Waals surface area contributed by atoms with E-state index in [1.54, 1.807) is 14.0 Å². The van der Waals surface area contributed by atoms with E-state index in [-0.39, 0.29) is 0 Å². The number of ether oxygens (including phenoxy) is 2. The lowest BCUT2D eigenvalue weighted by Crippen LogP contribution is -2.18. The van der Waals surface area contributed by atoms with Crippen LogP contribution in [0.2, 0.25) is 0 Å². The van der Waals surface area contributed by atoms with Crippen LogP contribution < -0.4 is 14.8 Å². The fourth-order valence-corrected chi connectivity index (χ4v) is 1.57. The van der Waals surface area contributed by atoms with Gasteiger partial charge in [0, 0.05) is 5.69 Å². The maximum atomic E-state index is 10.9. The minimum Gasteiger partial charge on any atom is -0.497 e. The molecule has 5 nitrogen and oxygen atoms in total. The molecule has 94 valence electrons. The number of carbonyl (C=O) groups excluding carboxylic acids is 1. The number of carbonyl (C=O) groups is 1. The van der Waals surface area contributed by atoms with Crippen LogP contribution in [0.15, 0.2) is 24.3 Å². The van der Waals surface area contributed by atoms with Gasteiger partial charge in [0.15, 0.2) is 0 Å². The number of benzene rings is 1. The summed E-state index contributed by atoms with van der Waals surface area (Å²) >= 11 is 1.24. The van der Waals surface area contributed by atoms with E-state index in [0.29, 0.717) is 12.5 Å². The Kier molecular flexibility index (Phi) is 6.09. The molecule has 0 unspecified atom stereocenters. The molecule has 1 aromatic rings. The molecule has 6 heteroatoms. The third-order valence-corrected chi connectivity index (χ3v) is 2.47. The Morgan fingerprint density at radius 3 is 2.65 bits per heavy atom. The third-order valence-electron chi connectivity index (χ3n) is 1.87. The summed E-state index contributed by atoms with van der Waals surface area (Å²) in [6.07, 6.45) is -0.422. The van der Waals surface area contributed by atoms with Crippen molar-refractivity contribution in [3.05, 3.63) is 24.3 Å². The highest BCUT2D eigenvalue weighted by molar-refractivity contribution is 7.97. The summed E-state index contributed by atoms with van der Waals surface area (Å²) in [5, 5.41) is 3.13. The van der Waals surface area contributed by atoms with E-state index in [0.717, 1.165) is 11.4 Å². The smallest absolute Gasteiger partial charge is 0.417 e. The van der Waals surface area contributed by atoms with Gasteiger partial charge in [0.05, 0.1) is 19.6 Å². The van der Waals surface area contributed by atoms with Crippen molar-refractivity contribution in [2.24, 2.45) is 0 Å². The first-order chi connectivity index (χ1) is 8.26. The quantitative estimate of drug-likeness (QED) is 0.465. The maximum absolute atomic E-state index is 10.9. The number of hydrogen-bond donors (Lipinski definition) is 2. The molecule has 0 bridgehead atoms. The molecule has 0 radical (unpaired) electrons. The lowest BCUT2D eigenvalue weighted by molar-refractivity contribution is 0.159. The van der Waals surface area contributed by atoms with E-state index in [1.807, 2.05) is 24.3 Å². The second kappa shape index (κ2) is 7.67. The predicted molar refractivity (Wildman–Crippen MR) is 69.2 cm³/mol. The van der Waals surface area contributed by atoms with Crippen molar-refractivity contribution in [2.45, 2.75) is 6.92 Å². The Labute approximate surface area is 105 Å². The molecular weight excluding hydrogens is 240 g/mol. The zero-order valence-electron chi connectivity index (χ0n) is 9.86. The van der Waals surface area contributed by atoms with Crippen LogP contribution in [0, 0.1) is 0 Å². The van der Waals surface area contributed by atoms with Crippen molar-refractivity contribution < 1.29 is 14.3 Å². The first-order valence-corrected chi connectivity index (χ1v) is 6.17. The normalized spacial score (nSPS) is 9.53. The Balaban J connectivity index is 2.19. The monoisotopic (exact) mass is 256 g/mol. The summed E-state index contributed by atoms with van der Waals surface area (Å²) in [6.45, 7) is 2.14. The molecule has 1 rings (SSSR count). The van der Waals surface area contributed by atoms with Gasteiger partial charge in [-0.3, -0.25) is 4.72 Å². The fourth-order valence-electron chi connectivity index (χ4n) is 1.08. The molecule has 2 N–H and O–H groups in total. The largest absolute Gasteiger partial charge is 0.497 e. The predicted octanol–water partition coefficient (Wildman–Crippen LogP) is 2.46. The maximum Gasteiger partial charge on any atom is 0.417 e. The molecule has 0 heterocycles. The van der Waals surface area contributed by atoms with Crippen LogP contribution in [-0.2, 0) is 4.74 Å². The minimum absolute atomic E-state index is 0.373. The summed E-state index contributed by atoms with van der Waals surface area (Å²) in [5.41, 5.74) is 0.962. The van der Waals surface area contributed by atoms with Crippen molar-refractivity contribution in [2.75, 3.05) is 24.9 Å². The minimum atomic E-state index is -0.422. The Bertz CT molecular complexity index is 343. The molecule has 1 aromatic carbocycles. The van der Waals surface area contributed by atoms with Gasteiger partial charge in [-0.05, 0) is 43.1 Å². The van der Waals surface area contributed by atoms with Gasteiger partial charge in [-0.25, -0.2) is 4.79 Å². The zero-order valence-corrected chi connectivity index (χ0v) is 10.7. The summed E-state index contributed by atoms with van der Waals surface area (Å²) in [7, 11) is 1.63. The van der Waals surface area contributed by atoms with Gasteiger partial charge in [0.2, 0.25) is 0 Å². The second-order valence-electron chi connectivity index (χ2n) is 3.02. The molecule has 17 heavy (non-hydrogen) atoms. The average Bonchev–Trinajstić information content (AvgIpc) is 2.36. The summed E-state index contributed by atoms with van der Waals surface area (Å²) in [4.78, 5) is 10.9. The molecule has 0 aliphatic rings. The molecule has 0 aromatic heterocycles. The molecule has 1 amide bonds. The average molecular weight is 256 g/mol. The molecule has 0 fully saturated rings. The summed E-state index contributed by atoms with van der Waals surface area (Å²) < 4.78 is 12.3. The molecule has 0 atom stereocenters. The first-order valence-electron chi connectivity index (χ1n) is 5.18. The van der Waals surface area contributed by atoms with Crippen molar-refractivity contribution in [1.82, 2.24) is 4.72 Å². The number of rotatable bonds is 6. The van der Waals surface area contributed by atoms with Crippen molar-refractivity contribution in [3.63, 3.8) is 0 Å². The Morgan fingerprint density at radius 2 is 2.06 bits per heavy atom. The molecule has 0 aliphatic heterocycles. The van der Waals surface area contributed by atoms with Gasteiger partial charge in [0.1, 0.15) is 5.75 Å².